The molecule has 0 saturated carbocycles. The summed E-state index contributed by atoms with van der Waals surface area (Å²) < 4.78 is 0. The number of allylic oxidation sites excluding steroid dienone is 1. The molecule has 10 heavy (non-hydrogen) atoms. The topological polar surface area (TPSA) is 41.3 Å². The molecule has 1 unspecified atom stereocenters. The first-order valence-electron chi connectivity index (χ1n) is 3.29. The summed E-state index contributed by atoms with van der Waals surface area (Å²) >= 11 is 0. The van der Waals surface area contributed by atoms with Gasteiger partial charge in [-0.15, -0.1) is 0 Å². The van der Waals surface area contributed by atoms with Gasteiger partial charge in [0, 0.05) is 26.0 Å². The van der Waals surface area contributed by atoms with Crippen molar-refractivity contribution in [2.24, 2.45) is 5.73 Å². The van der Waals surface area contributed by atoms with E-state index in [1.165, 1.54) is 0 Å². The molecule has 1 rings (SSSR count). The van der Waals surface area contributed by atoms with Crippen molar-refractivity contribution in [3.63, 3.8) is 0 Å². The van der Waals surface area contributed by atoms with Gasteiger partial charge in [-0.2, -0.15) is 0 Å². The highest BCUT2D eigenvalue weighted by molar-refractivity contribution is 5.21. The van der Waals surface area contributed by atoms with Gasteiger partial charge in [0.25, 0.3) is 0 Å². The molecule has 0 saturated heterocycles. The summed E-state index contributed by atoms with van der Waals surface area (Å²) in [5.74, 6) is 0. The minimum absolute atomic E-state index is 0.0251. The van der Waals surface area contributed by atoms with Crippen LogP contribution in [0, 0.1) is 0 Å². The third-order valence-corrected chi connectivity index (χ3v) is 1.57. The highest BCUT2D eigenvalue weighted by Crippen LogP contribution is 2.04. The summed E-state index contributed by atoms with van der Waals surface area (Å²) in [4.78, 5) is 1.95. The van der Waals surface area contributed by atoms with Gasteiger partial charge in [-0.05, 0) is 12.2 Å². The summed E-state index contributed by atoms with van der Waals surface area (Å²) in [6, 6.07) is 0. The van der Waals surface area contributed by atoms with Crippen LogP contribution in [0.3, 0.4) is 0 Å². The van der Waals surface area contributed by atoms with Crippen LogP contribution in [-0.2, 0) is 0 Å². The van der Waals surface area contributed by atoms with Crippen molar-refractivity contribution in [3.05, 3.63) is 24.0 Å². The zero-order valence-electron chi connectivity index (χ0n) is 6.33. The van der Waals surface area contributed by atoms with E-state index in [0.29, 0.717) is 0 Å². The van der Waals surface area contributed by atoms with Crippen molar-refractivity contribution in [3.8, 4) is 0 Å². The largest absolute Gasteiger partial charge is 0.387 e. The summed E-state index contributed by atoms with van der Waals surface area (Å²) in [5.41, 5.74) is 6.75. The Hall–Kier alpha value is -0.960. The number of hydrogen-bond acceptors (Lipinski definition) is 3. The highest BCUT2D eigenvalue weighted by Gasteiger charge is 2.06. The Labute approximate surface area is 61.2 Å². The predicted molar refractivity (Wildman–Crippen MR) is 42.0 cm³/mol. The van der Waals surface area contributed by atoms with Crippen LogP contribution in [0.15, 0.2) is 24.0 Å². The van der Waals surface area contributed by atoms with Crippen molar-refractivity contribution in [1.29, 1.82) is 0 Å². The van der Waals surface area contributed by atoms with E-state index >= 15 is 0 Å². The molecular weight excluding hydrogens is 126 g/mol. The number of nitrogens with zero attached hydrogens (tertiary/aromatic N) is 1. The van der Waals surface area contributed by atoms with Crippen molar-refractivity contribution >= 4 is 0 Å². The molecule has 0 aromatic carbocycles. The average Bonchev–Trinajstić information content (AvgIpc) is 1.95. The Morgan fingerprint density at radius 3 is 2.90 bits per heavy atom. The Morgan fingerprint density at radius 2 is 2.40 bits per heavy atom. The van der Waals surface area contributed by atoms with Crippen LogP contribution in [0.25, 0.3) is 0 Å². The highest BCUT2D eigenvalue weighted by atomic mass is 15.2. The van der Waals surface area contributed by atoms with Gasteiger partial charge in [0.1, 0.15) is 0 Å². The van der Waals surface area contributed by atoms with E-state index in [0.717, 1.165) is 5.70 Å². The second-order valence-corrected chi connectivity index (χ2v) is 2.35. The lowest BCUT2D eigenvalue weighted by atomic mass is 10.3. The molecule has 1 heterocycles. The first-order valence-corrected chi connectivity index (χ1v) is 3.29. The second kappa shape index (κ2) is 2.75. The number of nitrogens with two attached hydrogens (primary N) is 1. The number of nitrogens with one attached hydrogen (secondary N) is 1. The van der Waals surface area contributed by atoms with E-state index in [2.05, 4.69) is 5.32 Å². The van der Waals surface area contributed by atoms with Crippen LogP contribution in [0.5, 0.6) is 0 Å². The molecule has 3 heteroatoms. The molecule has 1 aliphatic rings. The summed E-state index contributed by atoms with van der Waals surface area (Å²) in [7, 11) is 3.84. The maximum absolute atomic E-state index is 5.66. The molecule has 0 aliphatic carbocycles. The van der Waals surface area contributed by atoms with Gasteiger partial charge in [-0.25, -0.2) is 0 Å². The molecule has 0 bridgehead atoms. The van der Waals surface area contributed by atoms with E-state index in [9.17, 15) is 0 Å². The van der Waals surface area contributed by atoms with E-state index in [4.69, 9.17) is 5.73 Å². The predicted octanol–water partition coefficient (Wildman–Crippen LogP) is -0.166. The first-order chi connectivity index (χ1) is 4.74. The second-order valence-electron chi connectivity index (χ2n) is 2.35. The zero-order valence-corrected chi connectivity index (χ0v) is 6.33. The summed E-state index contributed by atoms with van der Waals surface area (Å²) in [6.07, 6.45) is 5.93. The maximum Gasteiger partial charge on any atom is 0.0958 e. The van der Waals surface area contributed by atoms with E-state index < -0.39 is 0 Å². The van der Waals surface area contributed by atoms with Gasteiger partial charge in [0.2, 0.25) is 0 Å². The van der Waals surface area contributed by atoms with Crippen molar-refractivity contribution < 1.29 is 0 Å². The number of hydrogen-bond donors (Lipinski definition) is 2. The molecule has 3 N–H and O–H groups in total. The summed E-state index contributed by atoms with van der Waals surface area (Å²) in [5, 5.41) is 3.03. The van der Waals surface area contributed by atoms with Gasteiger partial charge < -0.3 is 16.0 Å². The van der Waals surface area contributed by atoms with Crippen molar-refractivity contribution in [1.82, 2.24) is 10.2 Å². The van der Waals surface area contributed by atoms with Crippen LogP contribution in [0.2, 0.25) is 0 Å². The van der Waals surface area contributed by atoms with E-state index in [1.54, 1.807) is 0 Å². The molecule has 1 atom stereocenters. The molecule has 0 aromatic rings. The summed E-state index contributed by atoms with van der Waals surface area (Å²) in [6.45, 7) is 0. The number of rotatable bonds is 1. The zero-order chi connectivity index (χ0) is 7.56. The molecule has 56 valence electrons. The average molecular weight is 139 g/mol. The molecular formula is C7H13N3. The van der Waals surface area contributed by atoms with Gasteiger partial charge in [0.05, 0.1) is 6.17 Å². The van der Waals surface area contributed by atoms with Crippen LogP contribution in [-0.4, -0.2) is 25.2 Å². The molecule has 1 aliphatic heterocycles. The number of likely N-dealkylation sites (N-methyl/N-ethyl adjacent to an activating group) is 2. The fourth-order valence-electron chi connectivity index (χ4n) is 0.834. The molecule has 0 aromatic heterocycles. The van der Waals surface area contributed by atoms with Crippen LogP contribution in [0.4, 0.5) is 0 Å². The molecule has 3 nitrogen and oxygen atoms in total. The minimum Gasteiger partial charge on any atom is -0.387 e. The van der Waals surface area contributed by atoms with Crippen LogP contribution in [0.1, 0.15) is 0 Å². The van der Waals surface area contributed by atoms with Crippen molar-refractivity contribution in [2.45, 2.75) is 6.17 Å². The van der Waals surface area contributed by atoms with Gasteiger partial charge in [-0.3, -0.25) is 0 Å². The Bertz CT molecular complexity index is 172. The molecule has 0 amide bonds. The first kappa shape index (κ1) is 7.15. The maximum atomic E-state index is 5.66. The quantitative estimate of drug-likeness (QED) is 0.530. The molecule has 0 spiro atoms. The Kier molecular flexibility index (Phi) is 1.97. The van der Waals surface area contributed by atoms with E-state index in [-0.39, 0.29) is 6.17 Å². The van der Waals surface area contributed by atoms with Crippen molar-refractivity contribution in [2.75, 3.05) is 14.1 Å². The standard InChI is InChI=1S/C7H13N3/c1-9-6-3-4-7(8)10(2)5-6/h3-5,7,9H,8H2,1-2H3. The van der Waals surface area contributed by atoms with E-state index in [1.807, 2.05) is 37.3 Å². The van der Waals surface area contributed by atoms with Gasteiger partial charge in [-0.1, -0.05) is 0 Å². The molecule has 0 fully saturated rings. The van der Waals surface area contributed by atoms with Gasteiger partial charge >= 0.3 is 0 Å². The third kappa shape index (κ3) is 1.30. The van der Waals surface area contributed by atoms with Crippen LogP contribution >= 0.6 is 0 Å². The monoisotopic (exact) mass is 139 g/mol. The lowest BCUT2D eigenvalue weighted by molar-refractivity contribution is 0.383. The molecule has 0 radical (unpaired) electrons. The third-order valence-electron chi connectivity index (χ3n) is 1.57. The smallest absolute Gasteiger partial charge is 0.0958 e. The Balaban J connectivity index is 2.66. The fraction of sp³-hybridized carbons (Fsp3) is 0.429. The minimum atomic E-state index is 0.0251. The lowest BCUT2D eigenvalue weighted by Gasteiger charge is -2.24. The fourth-order valence-corrected chi connectivity index (χ4v) is 0.834. The lowest BCUT2D eigenvalue weighted by Crippen LogP contribution is -2.36. The van der Waals surface area contributed by atoms with Gasteiger partial charge in [0.15, 0.2) is 0 Å². The SMILES string of the molecule is CNC1=CN(C)C(N)C=C1. The normalized spacial score (nSPS) is 24.5. The van der Waals surface area contributed by atoms with Crippen LogP contribution < -0.4 is 11.1 Å². The Morgan fingerprint density at radius 1 is 1.70 bits per heavy atom.